The van der Waals surface area contributed by atoms with Gasteiger partial charge < -0.3 is 24.6 Å². The van der Waals surface area contributed by atoms with Crippen LogP contribution in [0, 0.1) is 0 Å². The number of nitrogens with zero attached hydrogens (tertiary/aromatic N) is 5. The Morgan fingerprint density at radius 2 is 1.67 bits per heavy atom. The van der Waals surface area contributed by atoms with Crippen LogP contribution in [0.2, 0.25) is 0 Å². The molecule has 0 saturated carbocycles. The molecule has 2 aromatic rings. The van der Waals surface area contributed by atoms with Crippen molar-refractivity contribution in [3.8, 4) is 5.75 Å². The maximum Gasteiger partial charge on any atom is 0.261 e. The average molecular weight is 412 g/mol. The third-order valence-electron chi connectivity index (χ3n) is 5.19. The molecule has 1 unspecified atom stereocenters. The number of morpholine rings is 1. The van der Waals surface area contributed by atoms with Gasteiger partial charge in [0.15, 0.2) is 11.9 Å². The number of ether oxygens (including phenoxy) is 2. The molecule has 2 fully saturated rings. The minimum Gasteiger partial charge on any atom is -0.481 e. The van der Waals surface area contributed by atoms with E-state index in [-0.39, 0.29) is 12.5 Å². The van der Waals surface area contributed by atoms with Gasteiger partial charge in [-0.2, -0.15) is 15.0 Å². The number of rotatable bonds is 7. The van der Waals surface area contributed by atoms with Gasteiger partial charge in [-0.05, 0) is 31.9 Å². The summed E-state index contributed by atoms with van der Waals surface area (Å²) in [5.74, 6) is 2.32. The highest BCUT2D eigenvalue weighted by atomic mass is 16.5. The second kappa shape index (κ2) is 9.71. The van der Waals surface area contributed by atoms with Gasteiger partial charge >= 0.3 is 0 Å². The van der Waals surface area contributed by atoms with Crippen molar-refractivity contribution in [2.45, 2.75) is 32.4 Å². The number of carbonyl (C=O) groups excluding carboxylic acids is 1. The zero-order chi connectivity index (χ0) is 20.8. The van der Waals surface area contributed by atoms with Crippen LogP contribution in [-0.2, 0) is 16.1 Å². The normalized spacial score (nSPS) is 17.6. The number of anilines is 2. The zero-order valence-electron chi connectivity index (χ0n) is 17.3. The molecule has 1 aromatic carbocycles. The smallest absolute Gasteiger partial charge is 0.261 e. The monoisotopic (exact) mass is 412 g/mol. The van der Waals surface area contributed by atoms with Crippen molar-refractivity contribution in [1.82, 2.24) is 20.3 Å². The molecule has 1 aromatic heterocycles. The number of hydrogen-bond donors (Lipinski definition) is 1. The van der Waals surface area contributed by atoms with E-state index in [1.807, 2.05) is 30.3 Å². The number of hydrogen-bond acceptors (Lipinski definition) is 8. The molecule has 1 amide bonds. The maximum absolute atomic E-state index is 12.5. The van der Waals surface area contributed by atoms with E-state index in [9.17, 15) is 4.79 Å². The molecule has 1 atom stereocenters. The summed E-state index contributed by atoms with van der Waals surface area (Å²) in [4.78, 5) is 30.7. The second-order valence-corrected chi connectivity index (χ2v) is 7.44. The number of amides is 1. The Morgan fingerprint density at radius 1 is 1.03 bits per heavy atom. The Morgan fingerprint density at radius 3 is 2.33 bits per heavy atom. The minimum absolute atomic E-state index is 0.213. The Balaban J connectivity index is 1.44. The first-order valence-electron chi connectivity index (χ1n) is 10.5. The van der Waals surface area contributed by atoms with E-state index in [1.165, 1.54) is 0 Å². The van der Waals surface area contributed by atoms with Gasteiger partial charge in [0.25, 0.3) is 5.91 Å². The predicted molar refractivity (Wildman–Crippen MR) is 113 cm³/mol. The molecule has 9 heteroatoms. The standard InChI is InChI=1S/C21H28N6O3/c1-16(30-17-7-3-2-4-8-17)19(28)22-15-18-23-20(26-9-5-6-10-26)25-21(24-18)27-11-13-29-14-12-27/h2-4,7-8,16H,5-6,9-15H2,1H3,(H,22,28). The summed E-state index contributed by atoms with van der Waals surface area (Å²) in [6, 6.07) is 9.30. The van der Waals surface area contributed by atoms with Crippen molar-refractivity contribution < 1.29 is 14.3 Å². The number of aromatic nitrogens is 3. The van der Waals surface area contributed by atoms with Crippen LogP contribution in [0.5, 0.6) is 5.75 Å². The molecule has 0 spiro atoms. The van der Waals surface area contributed by atoms with Crippen LogP contribution in [0.25, 0.3) is 0 Å². The first-order valence-corrected chi connectivity index (χ1v) is 10.5. The summed E-state index contributed by atoms with van der Waals surface area (Å²) < 4.78 is 11.1. The number of nitrogens with one attached hydrogen (secondary N) is 1. The molecule has 30 heavy (non-hydrogen) atoms. The van der Waals surface area contributed by atoms with Crippen molar-refractivity contribution >= 4 is 17.8 Å². The Labute approximate surface area is 176 Å². The molecule has 0 bridgehead atoms. The number of para-hydroxylation sites is 1. The lowest BCUT2D eigenvalue weighted by Crippen LogP contribution is -2.39. The Kier molecular flexibility index (Phi) is 6.58. The van der Waals surface area contributed by atoms with Gasteiger partial charge in [0.1, 0.15) is 5.75 Å². The van der Waals surface area contributed by atoms with Crippen LogP contribution in [0.3, 0.4) is 0 Å². The van der Waals surface area contributed by atoms with Crippen molar-refractivity contribution in [2.24, 2.45) is 0 Å². The third kappa shape index (κ3) is 5.15. The third-order valence-corrected chi connectivity index (χ3v) is 5.19. The van der Waals surface area contributed by atoms with E-state index in [0.29, 0.717) is 36.7 Å². The van der Waals surface area contributed by atoms with E-state index < -0.39 is 6.10 Å². The van der Waals surface area contributed by atoms with Crippen LogP contribution >= 0.6 is 0 Å². The predicted octanol–water partition coefficient (Wildman–Crippen LogP) is 1.39. The van der Waals surface area contributed by atoms with Crippen molar-refractivity contribution in [3.05, 3.63) is 36.2 Å². The largest absolute Gasteiger partial charge is 0.481 e. The second-order valence-electron chi connectivity index (χ2n) is 7.44. The SMILES string of the molecule is CC(Oc1ccccc1)C(=O)NCc1nc(N2CCCC2)nc(N2CCOCC2)n1. The summed E-state index contributed by atoms with van der Waals surface area (Å²) in [6.45, 7) is 6.65. The zero-order valence-corrected chi connectivity index (χ0v) is 17.3. The fourth-order valence-electron chi connectivity index (χ4n) is 3.50. The molecule has 2 aliphatic heterocycles. The summed E-state index contributed by atoms with van der Waals surface area (Å²) >= 11 is 0. The van der Waals surface area contributed by atoms with Gasteiger partial charge in [-0.3, -0.25) is 4.79 Å². The van der Waals surface area contributed by atoms with Gasteiger partial charge in [-0.1, -0.05) is 18.2 Å². The van der Waals surface area contributed by atoms with Crippen molar-refractivity contribution in [1.29, 1.82) is 0 Å². The van der Waals surface area contributed by atoms with Crippen molar-refractivity contribution in [2.75, 3.05) is 49.2 Å². The topological polar surface area (TPSA) is 92.7 Å². The van der Waals surface area contributed by atoms with E-state index in [0.717, 1.165) is 39.0 Å². The highest BCUT2D eigenvalue weighted by Crippen LogP contribution is 2.19. The molecule has 160 valence electrons. The van der Waals surface area contributed by atoms with E-state index in [4.69, 9.17) is 14.5 Å². The maximum atomic E-state index is 12.5. The molecule has 0 radical (unpaired) electrons. The molecule has 9 nitrogen and oxygen atoms in total. The fraction of sp³-hybridized carbons (Fsp3) is 0.524. The molecule has 3 heterocycles. The minimum atomic E-state index is -0.619. The van der Waals surface area contributed by atoms with Crippen LogP contribution in [0.15, 0.2) is 30.3 Å². The van der Waals surface area contributed by atoms with Crippen molar-refractivity contribution in [3.63, 3.8) is 0 Å². The molecule has 2 saturated heterocycles. The number of benzene rings is 1. The first-order chi connectivity index (χ1) is 14.7. The average Bonchev–Trinajstić information content (AvgIpc) is 3.34. The first kappa shape index (κ1) is 20.3. The lowest BCUT2D eigenvalue weighted by molar-refractivity contribution is -0.127. The van der Waals surface area contributed by atoms with E-state index in [1.54, 1.807) is 6.92 Å². The lowest BCUT2D eigenvalue weighted by Gasteiger charge is -2.28. The summed E-state index contributed by atoms with van der Waals surface area (Å²) in [6.07, 6.45) is 1.66. The van der Waals surface area contributed by atoms with Gasteiger partial charge in [0.05, 0.1) is 19.8 Å². The van der Waals surface area contributed by atoms with Gasteiger partial charge in [0, 0.05) is 26.2 Å². The van der Waals surface area contributed by atoms with Gasteiger partial charge in [-0.15, -0.1) is 0 Å². The molecule has 0 aliphatic carbocycles. The fourth-order valence-corrected chi connectivity index (χ4v) is 3.50. The molecule has 2 aliphatic rings. The molecular formula is C21H28N6O3. The van der Waals surface area contributed by atoms with Crippen LogP contribution in [0.4, 0.5) is 11.9 Å². The van der Waals surface area contributed by atoms with Crippen LogP contribution < -0.4 is 19.9 Å². The molecule has 1 N–H and O–H groups in total. The van der Waals surface area contributed by atoms with E-state index in [2.05, 4.69) is 25.1 Å². The summed E-state index contributed by atoms with van der Waals surface area (Å²) in [5.41, 5.74) is 0. The Hall–Kier alpha value is -2.94. The summed E-state index contributed by atoms with van der Waals surface area (Å²) in [5, 5.41) is 2.89. The van der Waals surface area contributed by atoms with E-state index >= 15 is 0 Å². The Bertz CT molecular complexity index is 838. The molecular weight excluding hydrogens is 384 g/mol. The lowest BCUT2D eigenvalue weighted by atomic mass is 10.3. The highest BCUT2D eigenvalue weighted by molar-refractivity contribution is 5.80. The van der Waals surface area contributed by atoms with Crippen LogP contribution in [-0.4, -0.2) is 66.4 Å². The quantitative estimate of drug-likeness (QED) is 0.729. The summed E-state index contributed by atoms with van der Waals surface area (Å²) in [7, 11) is 0. The van der Waals surface area contributed by atoms with Crippen LogP contribution in [0.1, 0.15) is 25.6 Å². The highest BCUT2D eigenvalue weighted by Gasteiger charge is 2.22. The molecule has 4 rings (SSSR count). The number of carbonyl (C=O) groups is 1. The van der Waals surface area contributed by atoms with Gasteiger partial charge in [0.2, 0.25) is 11.9 Å². The van der Waals surface area contributed by atoms with Gasteiger partial charge in [-0.25, -0.2) is 0 Å².